The van der Waals surface area contributed by atoms with Crippen LogP contribution in [-0.2, 0) is 18.4 Å². The zero-order valence-electron chi connectivity index (χ0n) is 15.5. The predicted octanol–water partition coefficient (Wildman–Crippen LogP) is 2.05. The van der Waals surface area contributed by atoms with Crippen molar-refractivity contribution >= 4 is 5.91 Å². The summed E-state index contributed by atoms with van der Waals surface area (Å²) in [6.07, 6.45) is 3.87. The van der Waals surface area contributed by atoms with Gasteiger partial charge in [0.25, 0.3) is 0 Å². The van der Waals surface area contributed by atoms with Gasteiger partial charge in [-0.1, -0.05) is 29.8 Å². The second-order valence-corrected chi connectivity index (χ2v) is 7.72. The van der Waals surface area contributed by atoms with Crippen LogP contribution in [0.5, 0.6) is 0 Å². The van der Waals surface area contributed by atoms with Crippen LogP contribution in [-0.4, -0.2) is 38.2 Å². The fraction of sp³-hybridized carbons (Fsp3) is 0.550. The fourth-order valence-corrected chi connectivity index (χ4v) is 3.78. The van der Waals surface area contributed by atoms with E-state index in [-0.39, 0.29) is 17.5 Å². The molecule has 0 N–H and O–H groups in total. The molecule has 1 amide bonds. The van der Waals surface area contributed by atoms with E-state index in [1.165, 1.54) is 5.56 Å². The van der Waals surface area contributed by atoms with Crippen LogP contribution in [0, 0.1) is 12.8 Å². The van der Waals surface area contributed by atoms with Crippen molar-refractivity contribution in [2.24, 2.45) is 13.0 Å². The summed E-state index contributed by atoms with van der Waals surface area (Å²) >= 11 is 0. The number of benzene rings is 1. The van der Waals surface area contributed by atoms with E-state index in [4.69, 9.17) is 0 Å². The molecule has 2 aliphatic rings. The number of likely N-dealkylation sites (tertiary alicyclic amines) is 1. The minimum Gasteiger partial charge on any atom is -0.342 e. The summed E-state index contributed by atoms with van der Waals surface area (Å²) in [7, 11) is 1.80. The van der Waals surface area contributed by atoms with Crippen LogP contribution in [0.4, 0.5) is 0 Å². The van der Waals surface area contributed by atoms with Gasteiger partial charge >= 0.3 is 5.69 Å². The Balaban J connectivity index is 1.46. The Labute approximate surface area is 153 Å². The van der Waals surface area contributed by atoms with Gasteiger partial charge < -0.3 is 4.90 Å². The van der Waals surface area contributed by atoms with E-state index in [2.05, 4.69) is 24.2 Å². The predicted molar refractivity (Wildman–Crippen MR) is 99.0 cm³/mol. The average molecular weight is 354 g/mol. The molecule has 1 aliphatic heterocycles. The molecule has 1 aliphatic carbocycles. The number of aryl methyl sites for hydroxylation is 1. The third-order valence-corrected chi connectivity index (χ3v) is 5.63. The maximum atomic E-state index is 12.6. The summed E-state index contributed by atoms with van der Waals surface area (Å²) < 4.78 is 3.24. The second-order valence-electron chi connectivity index (χ2n) is 7.72. The zero-order chi connectivity index (χ0) is 18.3. The highest BCUT2D eigenvalue weighted by Crippen LogP contribution is 2.33. The Morgan fingerprint density at radius 3 is 2.38 bits per heavy atom. The topological polar surface area (TPSA) is 60.1 Å². The normalized spacial score (nSPS) is 18.3. The monoisotopic (exact) mass is 354 g/mol. The standard InChI is InChI=1S/C20H26N4O2/c1-14-3-5-15(6-4-14)13-24-20(26)22(2)18(21-24)16-9-11-23(12-10-16)19(25)17-7-8-17/h3-6,16-17H,7-13H2,1-2H3. The fourth-order valence-electron chi connectivity index (χ4n) is 3.78. The minimum absolute atomic E-state index is 0.0722. The van der Waals surface area contributed by atoms with E-state index < -0.39 is 0 Å². The first kappa shape index (κ1) is 17.1. The molecule has 0 bridgehead atoms. The second kappa shape index (κ2) is 6.74. The van der Waals surface area contributed by atoms with Crippen LogP contribution >= 0.6 is 0 Å². The number of hydrogen-bond acceptors (Lipinski definition) is 3. The van der Waals surface area contributed by atoms with Crippen molar-refractivity contribution in [1.29, 1.82) is 0 Å². The highest BCUT2D eigenvalue weighted by atomic mass is 16.2. The van der Waals surface area contributed by atoms with Gasteiger partial charge in [0.2, 0.25) is 5.91 Å². The van der Waals surface area contributed by atoms with Gasteiger partial charge in [0, 0.05) is 32.0 Å². The first-order valence-corrected chi connectivity index (χ1v) is 9.51. The molecule has 0 spiro atoms. The maximum Gasteiger partial charge on any atom is 0.345 e. The van der Waals surface area contributed by atoms with Gasteiger partial charge in [0.15, 0.2) is 0 Å². The summed E-state index contributed by atoms with van der Waals surface area (Å²) in [5.74, 6) is 1.70. The third kappa shape index (κ3) is 3.32. The number of amides is 1. The Hall–Kier alpha value is -2.37. The average Bonchev–Trinajstić information content (AvgIpc) is 3.46. The summed E-state index contributed by atoms with van der Waals surface area (Å²) in [6.45, 7) is 4.10. The molecule has 1 aromatic heterocycles. The van der Waals surface area contributed by atoms with Gasteiger partial charge in [-0.15, -0.1) is 0 Å². The number of nitrogens with zero attached hydrogens (tertiary/aromatic N) is 4. The lowest BCUT2D eigenvalue weighted by molar-refractivity contribution is -0.133. The Bertz CT molecular complexity index is 853. The molecule has 2 heterocycles. The zero-order valence-corrected chi connectivity index (χ0v) is 15.5. The van der Waals surface area contributed by atoms with Crippen molar-refractivity contribution in [3.8, 4) is 0 Å². The SMILES string of the molecule is Cc1ccc(Cn2nc(C3CCN(C(=O)C4CC4)CC3)n(C)c2=O)cc1. The van der Waals surface area contributed by atoms with Crippen LogP contribution in [0.25, 0.3) is 0 Å². The molecular weight excluding hydrogens is 328 g/mol. The van der Waals surface area contributed by atoms with Crippen LogP contribution in [0.2, 0.25) is 0 Å². The summed E-state index contributed by atoms with van der Waals surface area (Å²) in [5.41, 5.74) is 2.21. The van der Waals surface area contributed by atoms with Crippen LogP contribution in [0.15, 0.2) is 29.1 Å². The van der Waals surface area contributed by atoms with Gasteiger partial charge in [-0.05, 0) is 38.2 Å². The molecule has 2 aromatic rings. The van der Waals surface area contributed by atoms with Crippen molar-refractivity contribution in [2.75, 3.05) is 13.1 Å². The Kier molecular flexibility index (Phi) is 4.42. The minimum atomic E-state index is -0.0722. The van der Waals surface area contributed by atoms with Crippen LogP contribution < -0.4 is 5.69 Å². The van der Waals surface area contributed by atoms with Gasteiger partial charge in [0.05, 0.1) is 6.54 Å². The molecule has 138 valence electrons. The van der Waals surface area contributed by atoms with Gasteiger partial charge in [-0.2, -0.15) is 5.10 Å². The number of rotatable bonds is 4. The molecule has 0 unspecified atom stereocenters. The molecule has 2 fully saturated rings. The van der Waals surface area contributed by atoms with Gasteiger partial charge in [-0.3, -0.25) is 9.36 Å². The highest BCUT2D eigenvalue weighted by molar-refractivity contribution is 5.81. The van der Waals surface area contributed by atoms with Crippen LogP contribution in [0.1, 0.15) is 48.6 Å². The van der Waals surface area contributed by atoms with E-state index in [1.807, 2.05) is 17.0 Å². The first-order chi connectivity index (χ1) is 12.5. The lowest BCUT2D eigenvalue weighted by atomic mass is 9.95. The van der Waals surface area contributed by atoms with E-state index in [9.17, 15) is 9.59 Å². The summed E-state index contributed by atoms with van der Waals surface area (Å²) in [5, 5.41) is 4.63. The molecule has 0 radical (unpaired) electrons. The molecule has 1 saturated heterocycles. The van der Waals surface area contributed by atoms with Crippen LogP contribution in [0.3, 0.4) is 0 Å². The molecular formula is C20H26N4O2. The van der Waals surface area contributed by atoms with Crippen molar-refractivity contribution in [3.63, 3.8) is 0 Å². The van der Waals surface area contributed by atoms with E-state index >= 15 is 0 Å². The van der Waals surface area contributed by atoms with E-state index in [1.54, 1.807) is 16.3 Å². The maximum absolute atomic E-state index is 12.6. The molecule has 4 rings (SSSR count). The molecule has 6 heteroatoms. The molecule has 1 saturated carbocycles. The lowest BCUT2D eigenvalue weighted by Crippen LogP contribution is -2.39. The number of carbonyl (C=O) groups excluding carboxylic acids is 1. The van der Waals surface area contributed by atoms with Crippen molar-refractivity contribution in [3.05, 3.63) is 51.7 Å². The number of aromatic nitrogens is 3. The largest absolute Gasteiger partial charge is 0.345 e. The number of piperidine rings is 1. The molecule has 1 aromatic carbocycles. The Morgan fingerprint density at radius 2 is 1.77 bits per heavy atom. The summed E-state index contributed by atoms with van der Waals surface area (Å²) in [4.78, 5) is 26.8. The molecule has 0 atom stereocenters. The molecule has 6 nitrogen and oxygen atoms in total. The van der Waals surface area contributed by atoms with E-state index in [0.29, 0.717) is 12.5 Å². The summed E-state index contributed by atoms with van der Waals surface area (Å²) in [6, 6.07) is 8.18. The Morgan fingerprint density at radius 1 is 1.12 bits per heavy atom. The van der Waals surface area contributed by atoms with Gasteiger partial charge in [-0.25, -0.2) is 9.48 Å². The first-order valence-electron chi connectivity index (χ1n) is 9.51. The van der Waals surface area contributed by atoms with E-state index in [0.717, 1.165) is 50.2 Å². The van der Waals surface area contributed by atoms with Crippen molar-refractivity contribution in [1.82, 2.24) is 19.2 Å². The lowest BCUT2D eigenvalue weighted by Gasteiger charge is -2.31. The number of hydrogen-bond donors (Lipinski definition) is 0. The van der Waals surface area contributed by atoms with Crippen molar-refractivity contribution < 1.29 is 4.79 Å². The van der Waals surface area contributed by atoms with Gasteiger partial charge in [0.1, 0.15) is 5.82 Å². The number of carbonyl (C=O) groups is 1. The quantitative estimate of drug-likeness (QED) is 0.844. The van der Waals surface area contributed by atoms with Crippen molar-refractivity contribution in [2.45, 2.75) is 45.1 Å². The molecule has 26 heavy (non-hydrogen) atoms. The smallest absolute Gasteiger partial charge is 0.342 e. The highest BCUT2D eigenvalue weighted by Gasteiger charge is 2.35. The third-order valence-electron chi connectivity index (χ3n) is 5.63.